The molecule has 0 aliphatic carbocycles. The Morgan fingerprint density at radius 3 is 2.80 bits per heavy atom. The van der Waals surface area contributed by atoms with Gasteiger partial charge in [-0.15, -0.1) is 0 Å². The number of rotatable bonds is 7. The summed E-state index contributed by atoms with van der Waals surface area (Å²) in [5, 5.41) is 8.19. The Hall–Kier alpha value is -2.89. The third-order valence-electron chi connectivity index (χ3n) is 4.05. The number of amides is 1. The van der Waals surface area contributed by atoms with Gasteiger partial charge in [-0.25, -0.2) is 4.39 Å². The molecule has 2 aromatic carbocycles. The number of carbonyl (C=O) groups is 1. The molecular weight excluding hydrogens is 321 g/mol. The normalized spacial score (nSPS) is 10.8. The number of carbonyl (C=O) groups excluding carboxylic acids is 1. The fraction of sp³-hybridized carbons (Fsp3) is 0.263. The Kier molecular flexibility index (Phi) is 5.28. The first kappa shape index (κ1) is 17.0. The molecule has 0 aliphatic rings. The van der Waals surface area contributed by atoms with Crippen LogP contribution in [0, 0.1) is 5.82 Å². The van der Waals surface area contributed by atoms with Crippen molar-refractivity contribution in [1.29, 1.82) is 0 Å². The Morgan fingerprint density at radius 1 is 1.24 bits per heavy atom. The summed E-state index contributed by atoms with van der Waals surface area (Å²) in [4.78, 5) is 12.0. The molecular formula is C19H20FN3O2. The average molecular weight is 341 g/mol. The molecule has 0 radical (unpaired) electrons. The summed E-state index contributed by atoms with van der Waals surface area (Å²) in [6, 6.07) is 12.0. The lowest BCUT2D eigenvalue weighted by molar-refractivity contribution is -0.121. The number of aryl methyl sites for hydroxylation is 1. The van der Waals surface area contributed by atoms with Gasteiger partial charge in [0.25, 0.3) is 0 Å². The van der Waals surface area contributed by atoms with Gasteiger partial charge in [-0.05, 0) is 42.3 Å². The number of halogens is 1. The van der Waals surface area contributed by atoms with Gasteiger partial charge in [0.05, 0.1) is 25.4 Å². The highest BCUT2D eigenvalue weighted by atomic mass is 19.1. The van der Waals surface area contributed by atoms with Crippen molar-refractivity contribution >= 4 is 16.8 Å². The monoisotopic (exact) mass is 341 g/mol. The summed E-state index contributed by atoms with van der Waals surface area (Å²) < 4.78 is 19.8. The summed E-state index contributed by atoms with van der Waals surface area (Å²) in [5.74, 6) is 0.502. The minimum atomic E-state index is -0.253. The second-order valence-electron chi connectivity index (χ2n) is 5.77. The lowest BCUT2D eigenvalue weighted by Gasteiger charge is -2.07. The molecule has 0 unspecified atom stereocenters. The van der Waals surface area contributed by atoms with Crippen LogP contribution in [0.15, 0.2) is 48.7 Å². The standard InChI is InChI=1S/C19H20FN3O2/c1-25-17-6-7-18-15(12-17)13-22-23(18)11-9-19(24)21-10-8-14-2-4-16(20)5-3-14/h2-7,12-13H,8-11H2,1H3,(H,21,24). The zero-order chi connectivity index (χ0) is 17.6. The van der Waals surface area contributed by atoms with E-state index >= 15 is 0 Å². The van der Waals surface area contributed by atoms with Crippen molar-refractivity contribution in [3.63, 3.8) is 0 Å². The van der Waals surface area contributed by atoms with E-state index in [2.05, 4.69) is 10.4 Å². The second kappa shape index (κ2) is 7.79. The van der Waals surface area contributed by atoms with Crippen molar-refractivity contribution in [3.8, 4) is 5.75 Å². The number of nitrogens with zero attached hydrogens (tertiary/aromatic N) is 2. The highest BCUT2D eigenvalue weighted by Crippen LogP contribution is 2.20. The third kappa shape index (κ3) is 4.35. The highest BCUT2D eigenvalue weighted by molar-refractivity contribution is 5.80. The summed E-state index contributed by atoms with van der Waals surface area (Å²) in [7, 11) is 1.63. The van der Waals surface area contributed by atoms with Crippen molar-refractivity contribution in [2.45, 2.75) is 19.4 Å². The molecule has 130 valence electrons. The first-order valence-corrected chi connectivity index (χ1v) is 8.16. The summed E-state index contributed by atoms with van der Waals surface area (Å²) in [5.41, 5.74) is 1.97. The molecule has 1 aromatic heterocycles. The van der Waals surface area contributed by atoms with Crippen LogP contribution in [0.1, 0.15) is 12.0 Å². The molecule has 0 bridgehead atoms. The van der Waals surface area contributed by atoms with E-state index in [1.54, 1.807) is 25.4 Å². The van der Waals surface area contributed by atoms with Gasteiger partial charge in [-0.2, -0.15) is 5.10 Å². The molecule has 0 saturated carbocycles. The first-order valence-electron chi connectivity index (χ1n) is 8.16. The maximum Gasteiger partial charge on any atom is 0.221 e. The van der Waals surface area contributed by atoms with E-state index in [0.29, 0.717) is 25.9 Å². The molecule has 6 heteroatoms. The maximum absolute atomic E-state index is 12.8. The molecule has 1 heterocycles. The van der Waals surface area contributed by atoms with Gasteiger partial charge < -0.3 is 10.1 Å². The van der Waals surface area contributed by atoms with E-state index in [-0.39, 0.29) is 11.7 Å². The van der Waals surface area contributed by atoms with E-state index < -0.39 is 0 Å². The number of hydrogen-bond donors (Lipinski definition) is 1. The van der Waals surface area contributed by atoms with Crippen molar-refractivity contribution < 1.29 is 13.9 Å². The highest BCUT2D eigenvalue weighted by Gasteiger charge is 2.07. The van der Waals surface area contributed by atoms with Crippen LogP contribution in [0.3, 0.4) is 0 Å². The molecule has 3 rings (SSSR count). The van der Waals surface area contributed by atoms with Gasteiger partial charge in [0.2, 0.25) is 5.91 Å². The number of nitrogens with one attached hydrogen (secondary N) is 1. The van der Waals surface area contributed by atoms with Gasteiger partial charge in [0.1, 0.15) is 11.6 Å². The fourth-order valence-electron chi connectivity index (χ4n) is 2.66. The predicted molar refractivity (Wildman–Crippen MR) is 94.0 cm³/mol. The van der Waals surface area contributed by atoms with Gasteiger partial charge >= 0.3 is 0 Å². The summed E-state index contributed by atoms with van der Waals surface area (Å²) in [6.45, 7) is 1.04. The Labute approximate surface area is 145 Å². The topological polar surface area (TPSA) is 56.2 Å². The minimum absolute atomic E-state index is 0.0285. The van der Waals surface area contributed by atoms with Crippen LogP contribution >= 0.6 is 0 Å². The molecule has 0 saturated heterocycles. The van der Waals surface area contributed by atoms with E-state index in [1.165, 1.54) is 12.1 Å². The third-order valence-corrected chi connectivity index (χ3v) is 4.05. The number of aromatic nitrogens is 2. The molecule has 3 aromatic rings. The van der Waals surface area contributed by atoms with Crippen LogP contribution in [-0.2, 0) is 17.8 Å². The van der Waals surface area contributed by atoms with Gasteiger partial charge in [-0.1, -0.05) is 12.1 Å². The molecule has 0 aliphatic heterocycles. The number of benzene rings is 2. The van der Waals surface area contributed by atoms with Crippen LogP contribution in [-0.4, -0.2) is 29.3 Å². The zero-order valence-electron chi connectivity index (χ0n) is 14.0. The van der Waals surface area contributed by atoms with Crippen molar-refractivity contribution in [3.05, 3.63) is 60.0 Å². The van der Waals surface area contributed by atoms with Crippen LogP contribution in [0.5, 0.6) is 5.75 Å². The number of ether oxygens (including phenoxy) is 1. The minimum Gasteiger partial charge on any atom is -0.497 e. The predicted octanol–water partition coefficient (Wildman–Crippen LogP) is 2.93. The molecule has 0 atom stereocenters. The molecule has 25 heavy (non-hydrogen) atoms. The summed E-state index contributed by atoms with van der Waals surface area (Å²) >= 11 is 0. The number of methoxy groups -OCH3 is 1. The van der Waals surface area contributed by atoms with E-state index in [1.807, 2.05) is 22.9 Å². The van der Waals surface area contributed by atoms with Crippen LogP contribution in [0.4, 0.5) is 4.39 Å². The van der Waals surface area contributed by atoms with Crippen LogP contribution < -0.4 is 10.1 Å². The van der Waals surface area contributed by atoms with Crippen molar-refractivity contribution in [2.24, 2.45) is 0 Å². The Balaban J connectivity index is 1.48. The van der Waals surface area contributed by atoms with Crippen molar-refractivity contribution in [2.75, 3.05) is 13.7 Å². The first-order chi connectivity index (χ1) is 12.2. The fourth-order valence-corrected chi connectivity index (χ4v) is 2.66. The lowest BCUT2D eigenvalue weighted by Crippen LogP contribution is -2.26. The molecule has 5 nitrogen and oxygen atoms in total. The average Bonchev–Trinajstić information content (AvgIpc) is 3.03. The molecule has 1 amide bonds. The molecule has 1 N–H and O–H groups in total. The maximum atomic E-state index is 12.8. The SMILES string of the molecule is COc1ccc2c(cnn2CCC(=O)NCCc2ccc(F)cc2)c1. The van der Waals surface area contributed by atoms with E-state index in [9.17, 15) is 9.18 Å². The van der Waals surface area contributed by atoms with Crippen molar-refractivity contribution in [1.82, 2.24) is 15.1 Å². The molecule has 0 spiro atoms. The van der Waals surface area contributed by atoms with Crippen LogP contribution in [0.2, 0.25) is 0 Å². The number of fused-ring (bicyclic) bond motifs is 1. The van der Waals surface area contributed by atoms with E-state index in [0.717, 1.165) is 22.2 Å². The van der Waals surface area contributed by atoms with Gasteiger partial charge in [-0.3, -0.25) is 9.48 Å². The quantitative estimate of drug-likeness (QED) is 0.719. The second-order valence-corrected chi connectivity index (χ2v) is 5.77. The summed E-state index contributed by atoms with van der Waals surface area (Å²) in [6.07, 6.45) is 2.80. The Bertz CT molecular complexity index is 859. The zero-order valence-corrected chi connectivity index (χ0v) is 14.0. The lowest BCUT2D eigenvalue weighted by atomic mass is 10.1. The van der Waals surface area contributed by atoms with Gasteiger partial charge in [0, 0.05) is 18.4 Å². The molecule has 0 fully saturated rings. The van der Waals surface area contributed by atoms with Crippen LogP contribution in [0.25, 0.3) is 10.9 Å². The smallest absolute Gasteiger partial charge is 0.221 e. The Morgan fingerprint density at radius 2 is 2.04 bits per heavy atom. The largest absolute Gasteiger partial charge is 0.497 e. The number of hydrogen-bond acceptors (Lipinski definition) is 3. The van der Waals surface area contributed by atoms with E-state index in [4.69, 9.17) is 4.74 Å². The van der Waals surface area contributed by atoms with Gasteiger partial charge in [0.15, 0.2) is 0 Å².